The number of methoxy groups -OCH3 is 1. The van der Waals surface area contributed by atoms with E-state index in [1.165, 1.54) is 18.4 Å². The minimum Gasteiger partial charge on any atom is -0.495 e. The van der Waals surface area contributed by atoms with Crippen LogP contribution in [0, 0.1) is 0 Å². The Balaban J connectivity index is 1.87. The largest absolute Gasteiger partial charge is 0.495 e. The van der Waals surface area contributed by atoms with Crippen LogP contribution in [0.3, 0.4) is 0 Å². The third kappa shape index (κ3) is 3.91. The lowest BCUT2D eigenvalue weighted by Crippen LogP contribution is -2.13. The highest BCUT2D eigenvalue weighted by atomic mass is 79.9. The average molecular weight is 412 g/mol. The van der Waals surface area contributed by atoms with Crippen LogP contribution in [0.4, 0.5) is 5.69 Å². The number of carbonyl (C=O) groups is 1. The third-order valence-corrected chi connectivity index (χ3v) is 5.21. The van der Waals surface area contributed by atoms with Gasteiger partial charge in [0.1, 0.15) is 5.75 Å². The van der Waals surface area contributed by atoms with Crippen molar-refractivity contribution in [2.45, 2.75) is 26.2 Å². The predicted molar refractivity (Wildman–Crippen MR) is 111 cm³/mol. The zero-order valence-electron chi connectivity index (χ0n) is 15.0. The van der Waals surface area contributed by atoms with Crippen LogP contribution in [-0.4, -0.2) is 13.0 Å². The Morgan fingerprint density at radius 2 is 1.85 bits per heavy atom. The number of carbonyl (C=O) groups excluding carboxylic acids is 1. The topological polar surface area (TPSA) is 38.3 Å². The minimum absolute atomic E-state index is 0.186. The number of benzene rings is 3. The van der Waals surface area contributed by atoms with Gasteiger partial charge in [0, 0.05) is 5.69 Å². The van der Waals surface area contributed by atoms with Gasteiger partial charge in [-0.2, -0.15) is 0 Å². The van der Waals surface area contributed by atoms with Crippen molar-refractivity contribution in [3.8, 4) is 5.75 Å². The maximum Gasteiger partial charge on any atom is 0.259 e. The molecule has 0 aliphatic rings. The Morgan fingerprint density at radius 1 is 1.12 bits per heavy atom. The van der Waals surface area contributed by atoms with Crippen LogP contribution in [-0.2, 0) is 6.42 Å². The summed E-state index contributed by atoms with van der Waals surface area (Å²) in [5.41, 5.74) is 2.57. The van der Waals surface area contributed by atoms with Crippen molar-refractivity contribution in [1.29, 1.82) is 0 Å². The number of amides is 1. The van der Waals surface area contributed by atoms with Crippen molar-refractivity contribution in [3.05, 3.63) is 70.2 Å². The van der Waals surface area contributed by atoms with Crippen molar-refractivity contribution in [1.82, 2.24) is 0 Å². The summed E-state index contributed by atoms with van der Waals surface area (Å²) in [7, 11) is 1.58. The molecule has 0 heterocycles. The van der Waals surface area contributed by atoms with E-state index >= 15 is 0 Å². The molecule has 0 fully saturated rings. The van der Waals surface area contributed by atoms with Crippen LogP contribution in [0.2, 0.25) is 0 Å². The molecular formula is C22H22BrNO2. The summed E-state index contributed by atoms with van der Waals surface area (Å²) in [6.45, 7) is 2.18. The summed E-state index contributed by atoms with van der Waals surface area (Å²) < 4.78 is 6.29. The van der Waals surface area contributed by atoms with Crippen molar-refractivity contribution in [2.24, 2.45) is 0 Å². The predicted octanol–water partition coefficient (Wildman–Crippen LogP) is 6.21. The van der Waals surface area contributed by atoms with Crippen molar-refractivity contribution >= 4 is 38.3 Å². The van der Waals surface area contributed by atoms with Gasteiger partial charge in [0.05, 0.1) is 17.1 Å². The second-order valence-electron chi connectivity index (χ2n) is 6.25. The quantitative estimate of drug-likeness (QED) is 0.523. The molecule has 0 saturated heterocycles. The van der Waals surface area contributed by atoms with E-state index in [-0.39, 0.29) is 5.91 Å². The van der Waals surface area contributed by atoms with Crippen LogP contribution in [0.15, 0.2) is 59.1 Å². The maximum absolute atomic E-state index is 12.8. The normalized spacial score (nSPS) is 10.7. The number of rotatable bonds is 6. The molecule has 0 unspecified atom stereocenters. The second kappa shape index (κ2) is 8.37. The fourth-order valence-electron chi connectivity index (χ4n) is 2.99. The lowest BCUT2D eigenvalue weighted by molar-refractivity contribution is 0.102. The van der Waals surface area contributed by atoms with Gasteiger partial charge in [0.2, 0.25) is 0 Å². The molecule has 1 amide bonds. The number of anilines is 1. The molecule has 0 atom stereocenters. The number of hydrogen-bond donors (Lipinski definition) is 1. The van der Waals surface area contributed by atoms with Crippen LogP contribution >= 0.6 is 15.9 Å². The SMILES string of the molecule is CCCCc1ccc(NC(=O)c2cc3ccccc3c(Br)c2OC)cc1. The van der Waals surface area contributed by atoms with E-state index in [2.05, 4.69) is 40.3 Å². The maximum atomic E-state index is 12.8. The van der Waals surface area contributed by atoms with Crippen LogP contribution < -0.4 is 10.1 Å². The lowest BCUT2D eigenvalue weighted by Gasteiger charge is -2.14. The van der Waals surface area contributed by atoms with Gasteiger partial charge in [-0.3, -0.25) is 4.79 Å². The molecule has 3 rings (SSSR count). The Morgan fingerprint density at radius 3 is 2.54 bits per heavy atom. The Hall–Kier alpha value is -2.33. The molecule has 1 N–H and O–H groups in total. The molecule has 0 aliphatic carbocycles. The van der Waals surface area contributed by atoms with Gasteiger partial charge in [-0.05, 0) is 63.3 Å². The van der Waals surface area contributed by atoms with Crippen molar-refractivity contribution in [3.63, 3.8) is 0 Å². The molecule has 26 heavy (non-hydrogen) atoms. The second-order valence-corrected chi connectivity index (χ2v) is 7.04. The molecular weight excluding hydrogens is 390 g/mol. The summed E-state index contributed by atoms with van der Waals surface area (Å²) in [4.78, 5) is 12.8. The Kier molecular flexibility index (Phi) is 5.94. The number of fused-ring (bicyclic) bond motifs is 1. The van der Waals surface area contributed by atoms with Crippen LogP contribution in [0.25, 0.3) is 10.8 Å². The Bertz CT molecular complexity index is 919. The molecule has 0 aliphatic heterocycles. The van der Waals surface area contributed by atoms with Gasteiger partial charge in [-0.25, -0.2) is 0 Å². The fourth-order valence-corrected chi connectivity index (χ4v) is 3.72. The zero-order valence-corrected chi connectivity index (χ0v) is 16.6. The van der Waals surface area contributed by atoms with Crippen LogP contribution in [0.5, 0.6) is 5.75 Å². The summed E-state index contributed by atoms with van der Waals surface area (Å²) in [6.07, 6.45) is 3.42. The molecule has 3 nitrogen and oxygen atoms in total. The van der Waals surface area contributed by atoms with E-state index in [1.54, 1.807) is 7.11 Å². The lowest BCUT2D eigenvalue weighted by atomic mass is 10.0. The minimum atomic E-state index is -0.186. The highest BCUT2D eigenvalue weighted by Gasteiger charge is 2.18. The van der Waals surface area contributed by atoms with E-state index in [1.807, 2.05) is 42.5 Å². The van der Waals surface area contributed by atoms with E-state index < -0.39 is 0 Å². The summed E-state index contributed by atoms with van der Waals surface area (Å²) >= 11 is 3.58. The summed E-state index contributed by atoms with van der Waals surface area (Å²) in [5, 5.41) is 4.97. The average Bonchev–Trinajstić information content (AvgIpc) is 2.67. The van der Waals surface area contributed by atoms with E-state index in [0.29, 0.717) is 11.3 Å². The molecule has 3 aromatic rings. The molecule has 0 bridgehead atoms. The number of nitrogens with one attached hydrogen (secondary N) is 1. The van der Waals surface area contributed by atoms with E-state index in [0.717, 1.165) is 27.4 Å². The number of aryl methyl sites for hydroxylation is 1. The number of hydrogen-bond acceptors (Lipinski definition) is 2. The molecule has 0 saturated carbocycles. The number of unbranched alkanes of at least 4 members (excludes halogenated alkanes) is 1. The number of halogens is 1. The highest BCUT2D eigenvalue weighted by Crippen LogP contribution is 2.36. The van der Waals surface area contributed by atoms with Gasteiger partial charge in [-0.15, -0.1) is 0 Å². The van der Waals surface area contributed by atoms with Gasteiger partial charge >= 0.3 is 0 Å². The Labute approximate surface area is 162 Å². The summed E-state index contributed by atoms with van der Waals surface area (Å²) in [6, 6.07) is 17.8. The first-order chi connectivity index (χ1) is 12.6. The molecule has 4 heteroatoms. The molecule has 0 aromatic heterocycles. The van der Waals surface area contributed by atoms with E-state index in [4.69, 9.17) is 4.74 Å². The van der Waals surface area contributed by atoms with Gasteiger partial charge in [0.15, 0.2) is 0 Å². The van der Waals surface area contributed by atoms with Crippen molar-refractivity contribution < 1.29 is 9.53 Å². The van der Waals surface area contributed by atoms with Crippen molar-refractivity contribution in [2.75, 3.05) is 12.4 Å². The van der Waals surface area contributed by atoms with Crippen LogP contribution in [0.1, 0.15) is 35.7 Å². The molecule has 3 aromatic carbocycles. The smallest absolute Gasteiger partial charge is 0.259 e. The van der Waals surface area contributed by atoms with Gasteiger partial charge < -0.3 is 10.1 Å². The first-order valence-electron chi connectivity index (χ1n) is 8.79. The monoisotopic (exact) mass is 411 g/mol. The highest BCUT2D eigenvalue weighted by molar-refractivity contribution is 9.10. The van der Waals surface area contributed by atoms with E-state index in [9.17, 15) is 4.79 Å². The molecule has 0 radical (unpaired) electrons. The molecule has 134 valence electrons. The van der Waals surface area contributed by atoms with Gasteiger partial charge in [0.25, 0.3) is 5.91 Å². The summed E-state index contributed by atoms with van der Waals surface area (Å²) in [5.74, 6) is 0.357. The first-order valence-corrected chi connectivity index (χ1v) is 9.59. The first kappa shape index (κ1) is 18.5. The standard InChI is InChI=1S/C22H22BrNO2/c1-3-4-7-15-10-12-17(13-11-15)24-22(25)19-14-16-8-5-6-9-18(16)20(23)21(19)26-2/h5-6,8-14H,3-4,7H2,1-2H3,(H,24,25). The third-order valence-electron chi connectivity index (χ3n) is 4.42. The van der Waals surface area contributed by atoms with Gasteiger partial charge in [-0.1, -0.05) is 49.7 Å². The number of ether oxygens (including phenoxy) is 1. The fraction of sp³-hybridized carbons (Fsp3) is 0.227. The molecule has 0 spiro atoms. The zero-order chi connectivity index (χ0) is 18.5.